The fraction of sp³-hybridized carbons (Fsp3) is 0.267. The smallest absolute Gasteiger partial charge is 0.267 e. The maximum Gasteiger partial charge on any atom is 0.324 e. The van der Waals surface area contributed by atoms with Gasteiger partial charge < -0.3 is 0 Å². The van der Waals surface area contributed by atoms with Gasteiger partial charge in [0.25, 0.3) is 5.56 Å². The average molecular weight is 360 g/mol. The van der Waals surface area contributed by atoms with Crippen LogP contribution in [0.4, 0.5) is 5.00 Å². The molecule has 0 atom stereocenters. The number of aryl methyl sites for hydroxylation is 2. The Hall–Kier alpha value is -2.39. The summed E-state index contributed by atoms with van der Waals surface area (Å²) < 4.78 is 1.20. The van der Waals surface area contributed by atoms with Gasteiger partial charge in [-0.2, -0.15) is 9.78 Å². The van der Waals surface area contributed by atoms with Crippen molar-refractivity contribution in [2.45, 2.75) is 25.7 Å². The van der Waals surface area contributed by atoms with Crippen molar-refractivity contribution in [3.8, 4) is 0 Å². The monoisotopic (exact) mass is 360 g/mol. The highest BCUT2D eigenvalue weighted by atomic mass is 32.1. The average Bonchev–Trinajstić information content (AvgIpc) is 3.19. The largest absolute Gasteiger partial charge is 0.324 e. The summed E-state index contributed by atoms with van der Waals surface area (Å²) in [7, 11) is 0. The summed E-state index contributed by atoms with van der Waals surface area (Å²) in [5.41, 5.74) is 0.941. The van der Waals surface area contributed by atoms with Gasteiger partial charge in [-0.05, 0) is 37.3 Å². The van der Waals surface area contributed by atoms with Gasteiger partial charge in [0.05, 0.1) is 21.4 Å². The zero-order valence-electron chi connectivity index (χ0n) is 12.5. The number of aromatic nitrogens is 2. The van der Waals surface area contributed by atoms with Gasteiger partial charge in [-0.25, -0.2) is 4.98 Å². The van der Waals surface area contributed by atoms with Crippen molar-refractivity contribution in [2.75, 3.05) is 0 Å². The van der Waals surface area contributed by atoms with Crippen LogP contribution in [0, 0.1) is 10.1 Å². The molecule has 1 aliphatic rings. The van der Waals surface area contributed by atoms with E-state index in [0.717, 1.165) is 47.4 Å². The minimum atomic E-state index is -0.445. The van der Waals surface area contributed by atoms with E-state index in [0.29, 0.717) is 10.3 Å². The van der Waals surface area contributed by atoms with Crippen LogP contribution in [0.1, 0.15) is 28.2 Å². The van der Waals surface area contributed by atoms with E-state index in [1.54, 1.807) is 17.4 Å². The third-order valence-electron chi connectivity index (χ3n) is 3.96. The summed E-state index contributed by atoms with van der Waals surface area (Å²) in [4.78, 5) is 30.0. The highest BCUT2D eigenvalue weighted by Crippen LogP contribution is 2.33. The quantitative estimate of drug-likeness (QED) is 0.407. The Morgan fingerprint density at radius 3 is 2.92 bits per heavy atom. The summed E-state index contributed by atoms with van der Waals surface area (Å²) in [5, 5.41) is 15.6. The Morgan fingerprint density at radius 1 is 1.29 bits per heavy atom. The summed E-state index contributed by atoms with van der Waals surface area (Å²) >= 11 is 2.61. The van der Waals surface area contributed by atoms with E-state index in [2.05, 4.69) is 10.1 Å². The normalized spacial score (nSPS) is 14.3. The van der Waals surface area contributed by atoms with Crippen molar-refractivity contribution < 1.29 is 4.92 Å². The van der Waals surface area contributed by atoms with Crippen molar-refractivity contribution >= 4 is 44.1 Å². The molecule has 3 aromatic heterocycles. The fourth-order valence-electron chi connectivity index (χ4n) is 2.85. The molecule has 0 aromatic carbocycles. The van der Waals surface area contributed by atoms with Crippen molar-refractivity contribution in [1.82, 2.24) is 9.66 Å². The first-order chi connectivity index (χ1) is 11.6. The van der Waals surface area contributed by atoms with E-state index in [-0.39, 0.29) is 10.6 Å². The molecule has 0 spiro atoms. The van der Waals surface area contributed by atoms with E-state index in [9.17, 15) is 14.9 Å². The van der Waals surface area contributed by atoms with Gasteiger partial charge in [0.2, 0.25) is 0 Å². The molecule has 0 aliphatic heterocycles. The molecule has 24 heavy (non-hydrogen) atoms. The number of nitro groups is 1. The lowest BCUT2D eigenvalue weighted by atomic mass is 9.97. The number of fused-ring (bicyclic) bond motifs is 3. The molecule has 3 heterocycles. The van der Waals surface area contributed by atoms with Crippen LogP contribution in [0.25, 0.3) is 10.2 Å². The van der Waals surface area contributed by atoms with Crippen LogP contribution < -0.4 is 5.56 Å². The van der Waals surface area contributed by atoms with Crippen LogP contribution in [0.3, 0.4) is 0 Å². The molecule has 7 nitrogen and oxygen atoms in total. The van der Waals surface area contributed by atoms with E-state index in [1.165, 1.54) is 28.2 Å². The van der Waals surface area contributed by atoms with Crippen molar-refractivity contribution in [1.29, 1.82) is 0 Å². The number of hydrogen-bond donors (Lipinski definition) is 0. The molecule has 0 saturated carbocycles. The molecule has 1 aliphatic carbocycles. The maximum atomic E-state index is 12.7. The second-order valence-electron chi connectivity index (χ2n) is 5.46. The number of nitrogens with zero attached hydrogens (tertiary/aromatic N) is 4. The van der Waals surface area contributed by atoms with Crippen LogP contribution in [0.15, 0.2) is 28.4 Å². The molecule has 0 unspecified atom stereocenters. The van der Waals surface area contributed by atoms with Gasteiger partial charge in [0, 0.05) is 10.9 Å². The molecule has 0 N–H and O–H groups in total. The zero-order chi connectivity index (χ0) is 16.7. The first-order valence-corrected chi connectivity index (χ1v) is 9.07. The molecule has 122 valence electrons. The summed E-state index contributed by atoms with van der Waals surface area (Å²) in [6.07, 6.45) is 7.03. The van der Waals surface area contributed by atoms with E-state index < -0.39 is 4.92 Å². The van der Waals surface area contributed by atoms with Gasteiger partial charge in [-0.3, -0.25) is 14.9 Å². The molecule has 0 bridgehead atoms. The van der Waals surface area contributed by atoms with E-state index in [4.69, 9.17) is 0 Å². The second-order valence-corrected chi connectivity index (χ2v) is 7.64. The minimum absolute atomic E-state index is 0.0456. The number of thiophene rings is 2. The molecule has 0 fully saturated rings. The first-order valence-electron chi connectivity index (χ1n) is 7.44. The highest BCUT2D eigenvalue weighted by Gasteiger charge is 2.19. The first kappa shape index (κ1) is 15.2. The zero-order valence-corrected chi connectivity index (χ0v) is 14.1. The van der Waals surface area contributed by atoms with Gasteiger partial charge in [0.15, 0.2) is 0 Å². The molecular weight excluding hydrogens is 348 g/mol. The Labute approximate surface area is 144 Å². The van der Waals surface area contributed by atoms with E-state index >= 15 is 0 Å². The molecule has 3 aromatic rings. The van der Waals surface area contributed by atoms with Crippen LogP contribution in [0.2, 0.25) is 0 Å². The predicted molar refractivity (Wildman–Crippen MR) is 94.5 cm³/mol. The SMILES string of the molecule is O=c1c2c3c(sc2ncn1/N=C\c1ccc([N+](=O)[O-])s1)CCCC3. The third kappa shape index (κ3) is 2.55. The Bertz CT molecular complexity index is 1030. The van der Waals surface area contributed by atoms with E-state index in [1.807, 2.05) is 0 Å². The Morgan fingerprint density at radius 2 is 2.12 bits per heavy atom. The minimum Gasteiger partial charge on any atom is -0.267 e. The Balaban J connectivity index is 1.74. The lowest BCUT2D eigenvalue weighted by Gasteiger charge is -2.09. The van der Waals surface area contributed by atoms with Gasteiger partial charge in [-0.1, -0.05) is 11.3 Å². The molecule has 9 heteroatoms. The standard InChI is InChI=1S/C15H12N4O3S2/c20-15-13-10-3-1-2-4-11(10)24-14(13)16-8-18(15)17-7-9-5-6-12(23-9)19(21)22/h5-8H,1-4H2/b17-7-. The van der Waals surface area contributed by atoms with Crippen molar-refractivity contribution in [2.24, 2.45) is 5.10 Å². The lowest BCUT2D eigenvalue weighted by molar-refractivity contribution is -0.380. The highest BCUT2D eigenvalue weighted by molar-refractivity contribution is 7.18. The fourth-order valence-corrected chi connectivity index (χ4v) is 4.76. The Kier molecular flexibility index (Phi) is 3.73. The summed E-state index contributed by atoms with van der Waals surface area (Å²) in [6.45, 7) is 0. The second kappa shape index (κ2) is 5.91. The van der Waals surface area contributed by atoms with Crippen LogP contribution in [0.5, 0.6) is 0 Å². The predicted octanol–water partition coefficient (Wildman–Crippen LogP) is 3.19. The molecule has 4 rings (SSSR count). The molecule has 0 radical (unpaired) electrons. The van der Waals surface area contributed by atoms with Crippen LogP contribution in [-0.2, 0) is 12.8 Å². The third-order valence-corrected chi connectivity index (χ3v) is 6.13. The number of rotatable bonds is 3. The van der Waals surface area contributed by atoms with Gasteiger partial charge in [-0.15, -0.1) is 11.3 Å². The number of hydrogen-bond acceptors (Lipinski definition) is 7. The molecular formula is C15H12N4O3S2. The van der Waals surface area contributed by atoms with Crippen molar-refractivity contribution in [3.63, 3.8) is 0 Å². The van der Waals surface area contributed by atoms with Crippen molar-refractivity contribution in [3.05, 3.63) is 54.2 Å². The molecule has 0 amide bonds. The molecule has 0 saturated heterocycles. The van der Waals surface area contributed by atoms with Gasteiger partial charge in [0.1, 0.15) is 11.2 Å². The van der Waals surface area contributed by atoms with Crippen LogP contribution in [-0.4, -0.2) is 20.8 Å². The summed E-state index contributed by atoms with van der Waals surface area (Å²) in [5.74, 6) is 0. The van der Waals surface area contributed by atoms with Crippen LogP contribution >= 0.6 is 22.7 Å². The topological polar surface area (TPSA) is 90.4 Å². The lowest BCUT2D eigenvalue weighted by Crippen LogP contribution is -2.17. The van der Waals surface area contributed by atoms with Gasteiger partial charge >= 0.3 is 5.00 Å². The maximum absolute atomic E-state index is 12.7. The summed E-state index contributed by atoms with van der Waals surface area (Å²) in [6, 6.07) is 3.03.